The summed E-state index contributed by atoms with van der Waals surface area (Å²) in [5.74, 6) is -0.913. The van der Waals surface area contributed by atoms with Crippen LogP contribution in [0.1, 0.15) is 29.0 Å². The molecule has 0 radical (unpaired) electrons. The molecule has 0 aromatic carbocycles. The SMILES string of the molecule is Cc1cnc(C(=O)OCC(=O)NC2CC2)cn1. The summed E-state index contributed by atoms with van der Waals surface area (Å²) in [6.45, 7) is 1.50. The molecule has 1 heterocycles. The summed E-state index contributed by atoms with van der Waals surface area (Å²) >= 11 is 0. The highest BCUT2D eigenvalue weighted by Crippen LogP contribution is 2.18. The number of nitrogens with zero attached hydrogens (tertiary/aromatic N) is 2. The van der Waals surface area contributed by atoms with E-state index < -0.39 is 5.97 Å². The number of aryl methyl sites for hydroxylation is 1. The highest BCUT2D eigenvalue weighted by atomic mass is 16.5. The molecule has 6 nitrogen and oxygen atoms in total. The van der Waals surface area contributed by atoms with Crippen molar-refractivity contribution in [1.82, 2.24) is 15.3 Å². The van der Waals surface area contributed by atoms with Gasteiger partial charge in [0.1, 0.15) is 0 Å². The van der Waals surface area contributed by atoms with Crippen molar-refractivity contribution in [1.29, 1.82) is 0 Å². The van der Waals surface area contributed by atoms with Gasteiger partial charge in [0, 0.05) is 12.2 Å². The van der Waals surface area contributed by atoms with Crippen LogP contribution in [0.4, 0.5) is 0 Å². The number of nitrogens with one attached hydrogen (secondary N) is 1. The van der Waals surface area contributed by atoms with Gasteiger partial charge >= 0.3 is 5.97 Å². The van der Waals surface area contributed by atoms with E-state index in [4.69, 9.17) is 4.74 Å². The van der Waals surface area contributed by atoms with Gasteiger partial charge in [0.2, 0.25) is 0 Å². The van der Waals surface area contributed by atoms with E-state index >= 15 is 0 Å². The van der Waals surface area contributed by atoms with Gasteiger partial charge in [-0.2, -0.15) is 0 Å². The minimum absolute atomic E-state index is 0.106. The lowest BCUT2D eigenvalue weighted by Gasteiger charge is -2.04. The summed E-state index contributed by atoms with van der Waals surface area (Å²) in [6.07, 6.45) is 4.81. The number of amides is 1. The lowest BCUT2D eigenvalue weighted by Crippen LogP contribution is -2.30. The van der Waals surface area contributed by atoms with Crippen LogP contribution in [0.2, 0.25) is 0 Å². The third-order valence-corrected chi connectivity index (χ3v) is 2.27. The number of hydrogen-bond acceptors (Lipinski definition) is 5. The van der Waals surface area contributed by atoms with Gasteiger partial charge in [-0.05, 0) is 19.8 Å². The molecule has 6 heteroatoms. The first kappa shape index (κ1) is 11.5. The van der Waals surface area contributed by atoms with Crippen LogP contribution >= 0.6 is 0 Å². The fourth-order valence-corrected chi connectivity index (χ4v) is 1.20. The van der Waals surface area contributed by atoms with E-state index in [0.717, 1.165) is 12.8 Å². The molecular formula is C11H13N3O3. The largest absolute Gasteiger partial charge is 0.451 e. The Bertz CT molecular complexity index is 426. The highest BCUT2D eigenvalue weighted by molar-refractivity contribution is 5.89. The third-order valence-electron chi connectivity index (χ3n) is 2.27. The van der Waals surface area contributed by atoms with Crippen LogP contribution in [-0.4, -0.2) is 34.5 Å². The molecule has 1 aliphatic rings. The van der Waals surface area contributed by atoms with Crippen LogP contribution in [-0.2, 0) is 9.53 Å². The average molecular weight is 235 g/mol. The Morgan fingerprint density at radius 1 is 1.41 bits per heavy atom. The van der Waals surface area contributed by atoms with E-state index in [9.17, 15) is 9.59 Å². The standard InChI is InChI=1S/C11H13N3O3/c1-7-4-13-9(5-12-7)11(16)17-6-10(15)14-8-2-3-8/h4-5,8H,2-3,6H2,1H3,(H,14,15). The number of aromatic nitrogens is 2. The summed E-state index contributed by atoms with van der Waals surface area (Å²) in [7, 11) is 0. The van der Waals surface area contributed by atoms with Gasteiger partial charge in [-0.1, -0.05) is 0 Å². The highest BCUT2D eigenvalue weighted by Gasteiger charge is 2.23. The number of esters is 1. The van der Waals surface area contributed by atoms with E-state index in [1.165, 1.54) is 12.4 Å². The molecule has 1 fully saturated rings. The Morgan fingerprint density at radius 3 is 2.76 bits per heavy atom. The van der Waals surface area contributed by atoms with Gasteiger partial charge in [0.15, 0.2) is 12.3 Å². The number of carbonyl (C=O) groups excluding carboxylic acids is 2. The number of ether oxygens (including phenoxy) is 1. The predicted octanol–water partition coefficient (Wildman–Crippen LogP) is 0.220. The van der Waals surface area contributed by atoms with Gasteiger partial charge in [0.25, 0.3) is 5.91 Å². The number of carbonyl (C=O) groups is 2. The maximum Gasteiger partial charge on any atom is 0.359 e. The van der Waals surface area contributed by atoms with Gasteiger partial charge in [-0.3, -0.25) is 9.78 Å². The van der Waals surface area contributed by atoms with E-state index in [1.807, 2.05) is 0 Å². The lowest BCUT2D eigenvalue weighted by atomic mass is 10.4. The van der Waals surface area contributed by atoms with Gasteiger partial charge in [-0.15, -0.1) is 0 Å². The van der Waals surface area contributed by atoms with Crippen LogP contribution in [0.5, 0.6) is 0 Å². The molecule has 1 aliphatic carbocycles. The van der Waals surface area contributed by atoms with Crippen LogP contribution in [0.15, 0.2) is 12.4 Å². The van der Waals surface area contributed by atoms with Crippen LogP contribution in [0, 0.1) is 6.92 Å². The molecule has 0 unspecified atom stereocenters. The maximum atomic E-state index is 11.5. The van der Waals surface area contributed by atoms with Crippen LogP contribution in [0.3, 0.4) is 0 Å². The Hall–Kier alpha value is -1.98. The summed E-state index contributed by atoms with van der Waals surface area (Å²) in [4.78, 5) is 30.5. The summed E-state index contributed by atoms with van der Waals surface area (Å²) in [5.41, 5.74) is 0.822. The van der Waals surface area contributed by atoms with Crippen molar-refractivity contribution in [2.75, 3.05) is 6.61 Å². The minimum Gasteiger partial charge on any atom is -0.451 e. The Balaban J connectivity index is 1.79. The van der Waals surface area contributed by atoms with E-state index in [-0.39, 0.29) is 24.2 Å². The first-order chi connectivity index (χ1) is 8.15. The van der Waals surface area contributed by atoms with Crippen molar-refractivity contribution in [2.45, 2.75) is 25.8 Å². The molecular weight excluding hydrogens is 222 g/mol. The van der Waals surface area contributed by atoms with Crippen molar-refractivity contribution in [3.05, 3.63) is 23.8 Å². The average Bonchev–Trinajstić information content (AvgIpc) is 3.11. The molecule has 1 aromatic heterocycles. The molecule has 2 rings (SSSR count). The molecule has 0 aliphatic heterocycles. The Morgan fingerprint density at radius 2 is 2.18 bits per heavy atom. The second-order valence-corrected chi connectivity index (χ2v) is 3.96. The normalized spacial score (nSPS) is 14.2. The number of hydrogen-bond donors (Lipinski definition) is 1. The van der Waals surface area contributed by atoms with Crippen molar-refractivity contribution >= 4 is 11.9 Å². The second-order valence-electron chi connectivity index (χ2n) is 3.96. The van der Waals surface area contributed by atoms with E-state index in [0.29, 0.717) is 5.69 Å². The van der Waals surface area contributed by atoms with Crippen molar-refractivity contribution in [3.8, 4) is 0 Å². The maximum absolute atomic E-state index is 11.5. The quantitative estimate of drug-likeness (QED) is 0.755. The monoisotopic (exact) mass is 235 g/mol. The van der Waals surface area contributed by atoms with E-state index in [1.54, 1.807) is 6.92 Å². The van der Waals surface area contributed by atoms with Crippen molar-refractivity contribution < 1.29 is 14.3 Å². The van der Waals surface area contributed by atoms with Gasteiger partial charge in [0.05, 0.1) is 11.9 Å². The molecule has 0 spiro atoms. The van der Waals surface area contributed by atoms with Gasteiger partial charge < -0.3 is 10.1 Å². The van der Waals surface area contributed by atoms with Gasteiger partial charge in [-0.25, -0.2) is 9.78 Å². The summed E-state index contributed by atoms with van der Waals surface area (Å²) in [6, 6.07) is 0.264. The molecule has 1 N–H and O–H groups in total. The molecule has 0 atom stereocenters. The van der Waals surface area contributed by atoms with Crippen molar-refractivity contribution in [3.63, 3.8) is 0 Å². The fraction of sp³-hybridized carbons (Fsp3) is 0.455. The smallest absolute Gasteiger partial charge is 0.359 e. The molecule has 1 saturated carbocycles. The predicted molar refractivity (Wildman–Crippen MR) is 58.2 cm³/mol. The zero-order valence-electron chi connectivity index (χ0n) is 9.47. The van der Waals surface area contributed by atoms with Crippen molar-refractivity contribution in [2.24, 2.45) is 0 Å². The zero-order valence-corrected chi connectivity index (χ0v) is 9.47. The van der Waals surface area contributed by atoms with Crippen LogP contribution < -0.4 is 5.32 Å². The first-order valence-corrected chi connectivity index (χ1v) is 5.40. The Kier molecular flexibility index (Phi) is 3.32. The molecule has 1 amide bonds. The third kappa shape index (κ3) is 3.51. The molecule has 0 bridgehead atoms. The topological polar surface area (TPSA) is 81.2 Å². The zero-order chi connectivity index (χ0) is 12.3. The molecule has 17 heavy (non-hydrogen) atoms. The van der Waals surface area contributed by atoms with E-state index in [2.05, 4.69) is 15.3 Å². The molecule has 90 valence electrons. The lowest BCUT2D eigenvalue weighted by molar-refractivity contribution is -0.124. The number of rotatable bonds is 4. The molecule has 0 saturated heterocycles. The summed E-state index contributed by atoms with van der Waals surface area (Å²) < 4.78 is 4.80. The Labute approximate surface area is 98.4 Å². The first-order valence-electron chi connectivity index (χ1n) is 5.40. The minimum atomic E-state index is -0.636. The molecule has 1 aromatic rings. The van der Waals surface area contributed by atoms with Crippen LogP contribution in [0.25, 0.3) is 0 Å². The summed E-state index contributed by atoms with van der Waals surface area (Å²) in [5, 5.41) is 2.72. The second kappa shape index (κ2) is 4.90. The fourth-order valence-electron chi connectivity index (χ4n) is 1.20.